The summed E-state index contributed by atoms with van der Waals surface area (Å²) in [7, 11) is 0. The number of para-hydroxylation sites is 1. The molecule has 2 amide bonds. The fraction of sp³-hybridized carbons (Fsp3) is 0.286. The van der Waals surface area contributed by atoms with E-state index in [9.17, 15) is 24.6 Å². The van der Waals surface area contributed by atoms with Crippen molar-refractivity contribution in [3.63, 3.8) is 0 Å². The van der Waals surface area contributed by atoms with Crippen LogP contribution in [0.4, 0.5) is 0 Å². The van der Waals surface area contributed by atoms with Gasteiger partial charge in [-0.1, -0.05) is 48.5 Å². The summed E-state index contributed by atoms with van der Waals surface area (Å²) in [5.74, 6) is -4.13. The number of imide groups is 1. The molecule has 4 rings (SSSR count). The zero-order valence-corrected chi connectivity index (χ0v) is 15.2. The predicted molar refractivity (Wildman–Crippen MR) is 99.0 cm³/mol. The third kappa shape index (κ3) is 2.58. The lowest BCUT2D eigenvalue weighted by Gasteiger charge is -2.27. The number of phenolic OH excluding ortho intramolecular Hbond substituents is 1. The second-order valence-corrected chi connectivity index (χ2v) is 7.44. The van der Waals surface area contributed by atoms with E-state index in [1.54, 1.807) is 18.2 Å². The lowest BCUT2D eigenvalue weighted by atomic mass is 9.80. The first-order valence-electron chi connectivity index (χ1n) is 9.02. The molecular weight excluding hydrogens is 360 g/mol. The summed E-state index contributed by atoms with van der Waals surface area (Å²) in [5.41, 5.74) is -0.422. The molecule has 2 saturated heterocycles. The predicted octanol–water partition coefficient (Wildman–Crippen LogP) is 1.68. The van der Waals surface area contributed by atoms with Gasteiger partial charge in [0, 0.05) is 11.6 Å². The normalized spacial score (nSPS) is 29.2. The lowest BCUT2D eigenvalue weighted by molar-refractivity contribution is -0.150. The van der Waals surface area contributed by atoms with Crippen molar-refractivity contribution in [3.8, 4) is 5.75 Å². The molecule has 2 aliphatic rings. The average Bonchev–Trinajstić information content (AvgIpc) is 3.12. The Bertz CT molecular complexity index is 960. The molecule has 2 aromatic carbocycles. The molecule has 4 atom stereocenters. The highest BCUT2D eigenvalue weighted by Gasteiger charge is 2.66. The van der Waals surface area contributed by atoms with E-state index in [1.807, 2.05) is 30.3 Å². The number of aliphatic carboxylic acids is 1. The minimum Gasteiger partial charge on any atom is -0.508 e. The molecule has 7 nitrogen and oxygen atoms in total. The van der Waals surface area contributed by atoms with Crippen LogP contribution in [0.1, 0.15) is 24.1 Å². The molecule has 28 heavy (non-hydrogen) atoms. The Morgan fingerprint density at radius 3 is 2.36 bits per heavy atom. The van der Waals surface area contributed by atoms with Crippen molar-refractivity contribution in [1.29, 1.82) is 0 Å². The van der Waals surface area contributed by atoms with E-state index >= 15 is 0 Å². The van der Waals surface area contributed by atoms with Gasteiger partial charge in [-0.25, -0.2) is 0 Å². The maximum absolute atomic E-state index is 13.2. The van der Waals surface area contributed by atoms with Crippen molar-refractivity contribution in [2.24, 2.45) is 11.8 Å². The van der Waals surface area contributed by atoms with Gasteiger partial charge in [0.25, 0.3) is 0 Å². The fourth-order valence-electron chi connectivity index (χ4n) is 4.33. The standard InChI is InChI=1S/C21H20N2O5/c1-21(20(27)28)16-15(17(22-21)13-9-5-6-10-14(13)24)18(25)23(19(16)26)11-12-7-3-2-4-8-12/h2-10,15-17,22,24H,11H2,1H3,(H,27,28). The van der Waals surface area contributed by atoms with E-state index in [4.69, 9.17) is 0 Å². The second-order valence-electron chi connectivity index (χ2n) is 7.44. The van der Waals surface area contributed by atoms with E-state index in [0.717, 1.165) is 10.5 Å². The van der Waals surface area contributed by atoms with E-state index in [2.05, 4.69) is 5.32 Å². The van der Waals surface area contributed by atoms with Gasteiger partial charge in [0.05, 0.1) is 18.4 Å². The molecule has 2 aliphatic heterocycles. The Kier molecular flexibility index (Phi) is 4.19. The molecule has 0 radical (unpaired) electrons. The van der Waals surface area contributed by atoms with Crippen molar-refractivity contribution in [2.45, 2.75) is 25.0 Å². The third-order valence-corrected chi connectivity index (χ3v) is 5.78. The van der Waals surface area contributed by atoms with Crippen LogP contribution in [-0.4, -0.2) is 38.4 Å². The monoisotopic (exact) mass is 380 g/mol. The van der Waals surface area contributed by atoms with Gasteiger partial charge >= 0.3 is 5.97 Å². The molecular formula is C21H20N2O5. The summed E-state index contributed by atoms with van der Waals surface area (Å²) in [6.07, 6.45) is 0. The molecule has 4 unspecified atom stereocenters. The number of amides is 2. The highest BCUT2D eigenvalue weighted by atomic mass is 16.4. The Balaban J connectivity index is 1.76. The number of fused-ring (bicyclic) bond motifs is 1. The van der Waals surface area contributed by atoms with Crippen molar-refractivity contribution < 1.29 is 24.6 Å². The molecule has 2 fully saturated rings. The molecule has 0 aliphatic carbocycles. The number of carbonyl (C=O) groups is 3. The minimum absolute atomic E-state index is 0.0462. The molecule has 2 aromatic rings. The van der Waals surface area contributed by atoms with Crippen molar-refractivity contribution in [2.75, 3.05) is 0 Å². The number of carbonyl (C=O) groups excluding carboxylic acids is 2. The van der Waals surface area contributed by atoms with Crippen LogP contribution in [0, 0.1) is 11.8 Å². The van der Waals surface area contributed by atoms with Crippen LogP contribution in [0.15, 0.2) is 54.6 Å². The van der Waals surface area contributed by atoms with Crippen LogP contribution in [0.2, 0.25) is 0 Å². The van der Waals surface area contributed by atoms with E-state index in [-0.39, 0.29) is 12.3 Å². The summed E-state index contributed by atoms with van der Waals surface area (Å²) in [6, 6.07) is 14.8. The van der Waals surface area contributed by atoms with Gasteiger partial charge in [-0.15, -0.1) is 0 Å². The van der Waals surface area contributed by atoms with Crippen molar-refractivity contribution in [1.82, 2.24) is 10.2 Å². The molecule has 144 valence electrons. The van der Waals surface area contributed by atoms with Gasteiger partial charge in [0.15, 0.2) is 0 Å². The average molecular weight is 380 g/mol. The highest BCUT2D eigenvalue weighted by Crippen LogP contribution is 2.50. The quantitative estimate of drug-likeness (QED) is 0.697. The molecule has 0 saturated carbocycles. The van der Waals surface area contributed by atoms with Crippen LogP contribution < -0.4 is 5.32 Å². The number of benzene rings is 2. The van der Waals surface area contributed by atoms with E-state index in [1.165, 1.54) is 13.0 Å². The molecule has 7 heteroatoms. The highest BCUT2D eigenvalue weighted by molar-refractivity contribution is 6.09. The van der Waals surface area contributed by atoms with Crippen molar-refractivity contribution in [3.05, 3.63) is 65.7 Å². The number of hydrogen-bond donors (Lipinski definition) is 3. The largest absolute Gasteiger partial charge is 0.508 e. The topological polar surface area (TPSA) is 107 Å². The van der Waals surface area contributed by atoms with Gasteiger partial charge < -0.3 is 10.2 Å². The molecule has 0 aromatic heterocycles. The van der Waals surface area contributed by atoms with Crippen LogP contribution in [0.5, 0.6) is 5.75 Å². The van der Waals surface area contributed by atoms with Crippen LogP contribution in [0.3, 0.4) is 0 Å². The Hall–Kier alpha value is -3.19. The first-order valence-corrected chi connectivity index (χ1v) is 9.02. The number of aromatic hydroxyl groups is 1. The van der Waals surface area contributed by atoms with Gasteiger partial charge in [-0.2, -0.15) is 0 Å². The number of rotatable bonds is 4. The maximum Gasteiger partial charge on any atom is 0.324 e. The number of carboxylic acids is 1. The number of nitrogens with zero attached hydrogens (tertiary/aromatic N) is 1. The number of phenols is 1. The third-order valence-electron chi connectivity index (χ3n) is 5.78. The first-order chi connectivity index (χ1) is 13.3. The number of nitrogens with one attached hydrogen (secondary N) is 1. The Morgan fingerprint density at radius 2 is 1.71 bits per heavy atom. The van der Waals surface area contributed by atoms with Gasteiger partial charge in [-0.3, -0.25) is 24.6 Å². The zero-order valence-electron chi connectivity index (χ0n) is 15.2. The summed E-state index contributed by atoms with van der Waals surface area (Å²) >= 11 is 0. The Morgan fingerprint density at radius 1 is 1.07 bits per heavy atom. The minimum atomic E-state index is -1.62. The van der Waals surface area contributed by atoms with E-state index < -0.39 is 41.2 Å². The molecule has 2 heterocycles. The zero-order chi connectivity index (χ0) is 20.1. The van der Waals surface area contributed by atoms with Crippen LogP contribution in [-0.2, 0) is 20.9 Å². The lowest BCUT2D eigenvalue weighted by Crippen LogP contribution is -2.53. The van der Waals surface area contributed by atoms with Crippen LogP contribution >= 0.6 is 0 Å². The summed E-state index contributed by atoms with van der Waals surface area (Å²) in [4.78, 5) is 39.5. The SMILES string of the molecule is CC1(C(=O)O)NC(c2ccccc2O)C2C(=O)N(Cc3ccccc3)C(=O)C21. The maximum atomic E-state index is 13.2. The molecule has 0 spiro atoms. The smallest absolute Gasteiger partial charge is 0.324 e. The van der Waals surface area contributed by atoms with E-state index in [0.29, 0.717) is 5.56 Å². The summed E-state index contributed by atoms with van der Waals surface area (Å²) in [6.45, 7) is 1.51. The molecule has 3 N–H and O–H groups in total. The first kappa shape index (κ1) is 18.2. The number of likely N-dealkylation sites (tertiary alicyclic amines) is 1. The van der Waals surface area contributed by atoms with Gasteiger partial charge in [-0.05, 0) is 18.6 Å². The summed E-state index contributed by atoms with van der Waals surface area (Å²) in [5, 5.41) is 23.0. The summed E-state index contributed by atoms with van der Waals surface area (Å²) < 4.78 is 0. The molecule has 0 bridgehead atoms. The van der Waals surface area contributed by atoms with Crippen molar-refractivity contribution >= 4 is 17.8 Å². The fourth-order valence-corrected chi connectivity index (χ4v) is 4.33. The van der Waals surface area contributed by atoms with Gasteiger partial charge in [0.1, 0.15) is 11.3 Å². The second kappa shape index (κ2) is 6.45. The number of carboxylic acid groups (broad SMARTS) is 1. The Labute approximate surface area is 161 Å². The van der Waals surface area contributed by atoms with Crippen LogP contribution in [0.25, 0.3) is 0 Å². The van der Waals surface area contributed by atoms with Gasteiger partial charge in [0.2, 0.25) is 11.8 Å². The number of hydrogen-bond acceptors (Lipinski definition) is 5.